The van der Waals surface area contributed by atoms with Crippen molar-refractivity contribution < 1.29 is 0 Å². The molecule has 0 spiro atoms. The van der Waals surface area contributed by atoms with Crippen molar-refractivity contribution in [2.45, 2.75) is 12.5 Å². The van der Waals surface area contributed by atoms with E-state index in [1.807, 2.05) is 0 Å². The van der Waals surface area contributed by atoms with Crippen molar-refractivity contribution in [2.75, 3.05) is 31.1 Å². The molecule has 1 unspecified atom stereocenters. The van der Waals surface area contributed by atoms with Crippen LogP contribution in [0.3, 0.4) is 0 Å². The summed E-state index contributed by atoms with van der Waals surface area (Å²) in [6.07, 6.45) is 1.28. The largest absolute Gasteiger partial charge is 0.329 e. The standard InChI is InChI=1S/C13H19IN2S/c14-12-4-2-11(3-5-12)13(10-15)16-6-1-8-17-9-7-16/h2-5,13H,1,6-10,15H2. The lowest BCUT2D eigenvalue weighted by molar-refractivity contribution is 0.218. The minimum absolute atomic E-state index is 0.394. The summed E-state index contributed by atoms with van der Waals surface area (Å²) in [5, 5.41) is 0. The van der Waals surface area contributed by atoms with Gasteiger partial charge in [0, 0.05) is 28.5 Å². The van der Waals surface area contributed by atoms with Crippen LogP contribution in [-0.4, -0.2) is 36.0 Å². The molecule has 17 heavy (non-hydrogen) atoms. The topological polar surface area (TPSA) is 29.3 Å². The Balaban J connectivity index is 2.11. The van der Waals surface area contributed by atoms with E-state index < -0.39 is 0 Å². The van der Waals surface area contributed by atoms with Gasteiger partial charge in [-0.05, 0) is 59.0 Å². The average Bonchev–Trinajstić information content (AvgIpc) is 2.62. The molecule has 1 aromatic rings. The van der Waals surface area contributed by atoms with Crippen LogP contribution in [0.2, 0.25) is 0 Å². The highest BCUT2D eigenvalue weighted by Gasteiger charge is 2.19. The summed E-state index contributed by atoms with van der Waals surface area (Å²) in [4.78, 5) is 2.54. The normalized spacial score (nSPS) is 19.9. The van der Waals surface area contributed by atoms with E-state index >= 15 is 0 Å². The van der Waals surface area contributed by atoms with Crippen molar-refractivity contribution in [3.8, 4) is 0 Å². The lowest BCUT2D eigenvalue weighted by Gasteiger charge is -2.29. The van der Waals surface area contributed by atoms with Crippen molar-refractivity contribution in [1.29, 1.82) is 0 Å². The SMILES string of the molecule is NCC(c1ccc(I)cc1)N1CCCSCC1. The molecule has 1 atom stereocenters. The van der Waals surface area contributed by atoms with Crippen LogP contribution in [0.15, 0.2) is 24.3 Å². The summed E-state index contributed by atoms with van der Waals surface area (Å²) < 4.78 is 1.29. The third-order valence-corrected chi connectivity index (χ3v) is 4.94. The lowest BCUT2D eigenvalue weighted by atomic mass is 10.1. The fourth-order valence-electron chi connectivity index (χ4n) is 2.26. The van der Waals surface area contributed by atoms with Crippen LogP contribution in [0.1, 0.15) is 18.0 Å². The molecule has 0 bridgehead atoms. The Morgan fingerprint density at radius 1 is 1.24 bits per heavy atom. The van der Waals surface area contributed by atoms with Crippen LogP contribution in [0, 0.1) is 3.57 Å². The number of thioether (sulfide) groups is 1. The van der Waals surface area contributed by atoms with Gasteiger partial charge in [-0.3, -0.25) is 4.90 Å². The van der Waals surface area contributed by atoms with Gasteiger partial charge >= 0.3 is 0 Å². The third-order valence-electron chi connectivity index (χ3n) is 3.18. The second-order valence-corrected chi connectivity index (χ2v) is 6.78. The van der Waals surface area contributed by atoms with Gasteiger partial charge in [-0.2, -0.15) is 11.8 Å². The zero-order valence-corrected chi connectivity index (χ0v) is 12.9. The molecule has 1 aliphatic rings. The number of nitrogens with zero attached hydrogens (tertiary/aromatic N) is 1. The van der Waals surface area contributed by atoms with Gasteiger partial charge < -0.3 is 5.73 Å². The highest BCUT2D eigenvalue weighted by molar-refractivity contribution is 14.1. The Kier molecular flexibility index (Phi) is 5.59. The van der Waals surface area contributed by atoms with Crippen LogP contribution in [0.5, 0.6) is 0 Å². The maximum atomic E-state index is 5.97. The Bertz CT molecular complexity index is 334. The zero-order chi connectivity index (χ0) is 12.1. The van der Waals surface area contributed by atoms with Crippen LogP contribution in [0.4, 0.5) is 0 Å². The highest BCUT2D eigenvalue weighted by Crippen LogP contribution is 2.23. The number of nitrogens with two attached hydrogens (primary N) is 1. The van der Waals surface area contributed by atoms with Gasteiger partial charge in [0.2, 0.25) is 0 Å². The predicted molar refractivity (Wildman–Crippen MR) is 84.5 cm³/mol. The van der Waals surface area contributed by atoms with Crippen molar-refractivity contribution in [3.63, 3.8) is 0 Å². The van der Waals surface area contributed by atoms with E-state index in [0.717, 1.165) is 0 Å². The van der Waals surface area contributed by atoms with Gasteiger partial charge in [0.25, 0.3) is 0 Å². The van der Waals surface area contributed by atoms with Crippen LogP contribution >= 0.6 is 34.4 Å². The summed E-state index contributed by atoms with van der Waals surface area (Å²) >= 11 is 4.41. The Morgan fingerprint density at radius 2 is 2.00 bits per heavy atom. The fraction of sp³-hybridized carbons (Fsp3) is 0.538. The molecule has 0 aliphatic carbocycles. The second kappa shape index (κ2) is 6.97. The van der Waals surface area contributed by atoms with Gasteiger partial charge in [0.05, 0.1) is 0 Å². The summed E-state index contributed by atoms with van der Waals surface area (Å²) in [7, 11) is 0. The molecule has 2 N–H and O–H groups in total. The number of hydrogen-bond donors (Lipinski definition) is 1. The van der Waals surface area contributed by atoms with Crippen molar-refractivity contribution >= 4 is 34.4 Å². The van der Waals surface area contributed by atoms with E-state index in [0.29, 0.717) is 12.6 Å². The predicted octanol–water partition coefficient (Wildman–Crippen LogP) is 2.73. The van der Waals surface area contributed by atoms with Gasteiger partial charge in [0.15, 0.2) is 0 Å². The maximum absolute atomic E-state index is 5.97. The minimum Gasteiger partial charge on any atom is -0.329 e. The molecule has 0 amide bonds. The van der Waals surface area contributed by atoms with Gasteiger partial charge in [-0.25, -0.2) is 0 Å². The third kappa shape index (κ3) is 3.84. The van der Waals surface area contributed by atoms with E-state index in [9.17, 15) is 0 Å². The summed E-state index contributed by atoms with van der Waals surface area (Å²) in [6.45, 7) is 3.06. The van der Waals surface area contributed by atoms with Crippen LogP contribution in [-0.2, 0) is 0 Å². The summed E-state index contributed by atoms with van der Waals surface area (Å²) in [6, 6.07) is 9.18. The monoisotopic (exact) mass is 362 g/mol. The van der Waals surface area contributed by atoms with Crippen molar-refractivity contribution in [1.82, 2.24) is 4.90 Å². The van der Waals surface area contributed by atoms with Crippen LogP contribution in [0.25, 0.3) is 0 Å². The first-order valence-electron chi connectivity index (χ1n) is 6.08. The quantitative estimate of drug-likeness (QED) is 0.839. The average molecular weight is 362 g/mol. The molecule has 1 aliphatic heterocycles. The van der Waals surface area contributed by atoms with E-state index in [-0.39, 0.29) is 0 Å². The molecule has 0 saturated carbocycles. The fourth-order valence-corrected chi connectivity index (χ4v) is 3.52. The van der Waals surface area contributed by atoms with E-state index in [2.05, 4.69) is 63.5 Å². The summed E-state index contributed by atoms with van der Waals surface area (Å²) in [5.41, 5.74) is 7.34. The van der Waals surface area contributed by atoms with Crippen molar-refractivity contribution in [2.24, 2.45) is 5.73 Å². The number of rotatable bonds is 3. The molecule has 1 aromatic carbocycles. The summed E-state index contributed by atoms with van der Waals surface area (Å²) in [5.74, 6) is 2.53. The first kappa shape index (κ1) is 13.6. The Morgan fingerprint density at radius 3 is 2.71 bits per heavy atom. The molecule has 2 nitrogen and oxygen atoms in total. The number of hydrogen-bond acceptors (Lipinski definition) is 3. The Hall–Kier alpha value is 0.220. The molecular weight excluding hydrogens is 343 g/mol. The molecule has 4 heteroatoms. The molecule has 1 fully saturated rings. The number of halogens is 1. The molecule has 2 rings (SSSR count). The first-order chi connectivity index (χ1) is 8.31. The van der Waals surface area contributed by atoms with Gasteiger partial charge in [-0.15, -0.1) is 0 Å². The molecule has 1 heterocycles. The Labute approximate surface area is 121 Å². The first-order valence-corrected chi connectivity index (χ1v) is 8.32. The molecule has 94 valence electrons. The van der Waals surface area contributed by atoms with Gasteiger partial charge in [0.1, 0.15) is 0 Å². The van der Waals surface area contributed by atoms with Gasteiger partial charge in [-0.1, -0.05) is 12.1 Å². The smallest absolute Gasteiger partial charge is 0.0470 e. The lowest BCUT2D eigenvalue weighted by Crippen LogP contribution is -2.35. The van der Waals surface area contributed by atoms with E-state index in [1.54, 1.807) is 0 Å². The highest BCUT2D eigenvalue weighted by atomic mass is 127. The van der Waals surface area contributed by atoms with E-state index in [1.165, 1.54) is 40.1 Å². The molecule has 0 aromatic heterocycles. The minimum atomic E-state index is 0.394. The molecule has 1 saturated heterocycles. The van der Waals surface area contributed by atoms with E-state index in [4.69, 9.17) is 5.73 Å². The number of benzene rings is 1. The molecular formula is C13H19IN2S. The van der Waals surface area contributed by atoms with Crippen LogP contribution < -0.4 is 5.73 Å². The zero-order valence-electron chi connectivity index (χ0n) is 9.94. The maximum Gasteiger partial charge on any atom is 0.0470 e. The molecule has 0 radical (unpaired) electrons. The van der Waals surface area contributed by atoms with Crippen molar-refractivity contribution in [3.05, 3.63) is 33.4 Å². The second-order valence-electron chi connectivity index (χ2n) is 4.30.